The summed E-state index contributed by atoms with van der Waals surface area (Å²) in [7, 11) is 1.34. The Morgan fingerprint density at radius 2 is 1.77 bits per heavy atom. The number of hydrogen-bond donors (Lipinski definition) is 0. The number of esters is 1. The van der Waals surface area contributed by atoms with Gasteiger partial charge in [0.05, 0.1) is 24.1 Å². The molecule has 4 aromatic rings. The Morgan fingerprint density at radius 1 is 1.00 bits per heavy atom. The van der Waals surface area contributed by atoms with Gasteiger partial charge in [-0.3, -0.25) is 14.5 Å². The highest BCUT2D eigenvalue weighted by atomic mass is 32.2. The molecule has 1 fully saturated rings. The molecule has 0 saturated carbocycles. The van der Waals surface area contributed by atoms with E-state index in [4.69, 9.17) is 9.15 Å². The number of fused-ring (bicyclic) bond motifs is 1. The van der Waals surface area contributed by atoms with Crippen molar-refractivity contribution in [1.29, 1.82) is 0 Å². The topological polar surface area (TPSA) is 76.8 Å². The lowest BCUT2D eigenvalue weighted by Crippen LogP contribution is -2.27. The number of ether oxygens (including phenoxy) is 1. The number of benzene rings is 3. The van der Waals surface area contributed by atoms with E-state index in [9.17, 15) is 14.4 Å². The van der Waals surface area contributed by atoms with E-state index in [1.165, 1.54) is 12.0 Å². The third kappa shape index (κ3) is 4.26. The number of carbonyl (C=O) groups is 3. The van der Waals surface area contributed by atoms with Crippen LogP contribution in [0.4, 0.5) is 4.79 Å². The summed E-state index contributed by atoms with van der Waals surface area (Å²) in [6.45, 7) is 2.02. The van der Waals surface area contributed by atoms with Gasteiger partial charge in [-0.05, 0) is 58.8 Å². The van der Waals surface area contributed by atoms with Crippen LogP contribution in [0.5, 0.6) is 0 Å². The van der Waals surface area contributed by atoms with Gasteiger partial charge in [-0.25, -0.2) is 4.79 Å². The number of nitrogens with zero attached hydrogens (tertiary/aromatic N) is 1. The summed E-state index contributed by atoms with van der Waals surface area (Å²) in [5.74, 6) is 0.221. The van der Waals surface area contributed by atoms with Crippen LogP contribution in [0.15, 0.2) is 82.1 Å². The Hall–Kier alpha value is -4.10. The average molecular weight is 484 g/mol. The number of rotatable bonds is 5. The summed E-state index contributed by atoms with van der Waals surface area (Å²) in [6.07, 6.45) is 1.58. The molecule has 35 heavy (non-hydrogen) atoms. The van der Waals surface area contributed by atoms with E-state index >= 15 is 0 Å². The van der Waals surface area contributed by atoms with Crippen LogP contribution in [-0.4, -0.2) is 29.1 Å². The highest BCUT2D eigenvalue weighted by molar-refractivity contribution is 8.18. The molecule has 0 spiro atoms. The highest BCUT2D eigenvalue weighted by Gasteiger charge is 2.35. The van der Waals surface area contributed by atoms with Crippen LogP contribution in [-0.2, 0) is 16.1 Å². The first-order chi connectivity index (χ1) is 17.0. The van der Waals surface area contributed by atoms with Gasteiger partial charge in [0.1, 0.15) is 11.5 Å². The molecule has 1 aliphatic rings. The Bertz CT molecular complexity index is 1510. The summed E-state index contributed by atoms with van der Waals surface area (Å²) < 4.78 is 10.8. The van der Waals surface area contributed by atoms with E-state index in [2.05, 4.69) is 0 Å². The first-order valence-electron chi connectivity index (χ1n) is 11.0. The lowest BCUT2D eigenvalue weighted by molar-refractivity contribution is -0.123. The average Bonchev–Trinajstić information content (AvgIpc) is 3.44. The Labute approximate surface area is 206 Å². The number of hydrogen-bond acceptors (Lipinski definition) is 6. The summed E-state index contributed by atoms with van der Waals surface area (Å²) in [5, 5.41) is 1.75. The molecule has 0 N–H and O–H groups in total. The molecule has 0 aliphatic carbocycles. The predicted octanol–water partition coefficient (Wildman–Crippen LogP) is 6.43. The second kappa shape index (κ2) is 9.27. The standard InChI is InChI=1S/C28H21NO5S/c1-17-21(11-6-12-22(17)27(31)33-2)24-14-13-20(34-24)15-25-26(30)29(28(32)35-25)16-19-9-5-8-18-7-3-4-10-23(18)19/h3-15H,16H2,1-2H3/b25-15+. The fourth-order valence-corrected chi connectivity index (χ4v) is 4.99. The van der Waals surface area contributed by atoms with Crippen molar-refractivity contribution in [2.45, 2.75) is 13.5 Å². The maximum absolute atomic E-state index is 13.1. The van der Waals surface area contributed by atoms with Crippen LogP contribution in [0.2, 0.25) is 0 Å². The van der Waals surface area contributed by atoms with Gasteiger partial charge in [0.2, 0.25) is 0 Å². The summed E-state index contributed by atoms with van der Waals surface area (Å²) in [5.41, 5.74) is 2.85. The molecule has 6 nitrogen and oxygen atoms in total. The fourth-order valence-electron chi connectivity index (χ4n) is 4.18. The molecule has 2 heterocycles. The molecule has 2 amide bonds. The smallest absolute Gasteiger partial charge is 0.338 e. The number of methoxy groups -OCH3 is 1. The molecule has 0 bridgehead atoms. The minimum absolute atomic E-state index is 0.201. The summed E-state index contributed by atoms with van der Waals surface area (Å²) in [4.78, 5) is 39.3. The Kier molecular flexibility index (Phi) is 6.01. The SMILES string of the molecule is COC(=O)c1cccc(-c2ccc(/C=C3/SC(=O)N(Cc4cccc5ccccc45)C3=O)o2)c1C. The minimum atomic E-state index is -0.420. The maximum Gasteiger partial charge on any atom is 0.338 e. The normalized spacial score (nSPS) is 14.8. The van der Waals surface area contributed by atoms with Gasteiger partial charge in [0, 0.05) is 11.6 Å². The predicted molar refractivity (Wildman–Crippen MR) is 136 cm³/mol. The van der Waals surface area contributed by atoms with Gasteiger partial charge >= 0.3 is 5.97 Å². The molecular formula is C28H21NO5S. The van der Waals surface area contributed by atoms with E-state index in [-0.39, 0.29) is 17.7 Å². The summed E-state index contributed by atoms with van der Waals surface area (Å²) in [6, 6.07) is 22.6. The molecule has 0 radical (unpaired) electrons. The quantitative estimate of drug-likeness (QED) is 0.240. The van der Waals surface area contributed by atoms with Crippen molar-refractivity contribution in [2.75, 3.05) is 7.11 Å². The van der Waals surface area contributed by atoms with Crippen molar-refractivity contribution in [1.82, 2.24) is 4.90 Å². The molecular weight excluding hydrogens is 462 g/mol. The number of amides is 2. The molecule has 0 atom stereocenters. The van der Waals surface area contributed by atoms with Crippen LogP contribution in [0, 0.1) is 6.92 Å². The van der Waals surface area contributed by atoms with Gasteiger partial charge in [0.25, 0.3) is 11.1 Å². The number of furan rings is 1. The van der Waals surface area contributed by atoms with Crippen LogP contribution in [0.25, 0.3) is 28.2 Å². The first kappa shape index (κ1) is 22.7. The number of carbonyl (C=O) groups excluding carboxylic acids is 3. The van der Waals surface area contributed by atoms with Crippen molar-refractivity contribution >= 4 is 45.7 Å². The van der Waals surface area contributed by atoms with Crippen LogP contribution >= 0.6 is 11.8 Å². The van der Waals surface area contributed by atoms with E-state index in [0.29, 0.717) is 22.0 Å². The van der Waals surface area contributed by atoms with Crippen LogP contribution in [0.1, 0.15) is 27.2 Å². The Balaban J connectivity index is 1.40. The van der Waals surface area contributed by atoms with Gasteiger partial charge < -0.3 is 9.15 Å². The van der Waals surface area contributed by atoms with E-state index in [1.54, 1.807) is 30.3 Å². The maximum atomic E-state index is 13.1. The molecule has 1 saturated heterocycles. The van der Waals surface area contributed by atoms with Crippen LogP contribution < -0.4 is 0 Å². The molecule has 0 unspecified atom stereocenters. The summed E-state index contributed by atoms with van der Waals surface area (Å²) >= 11 is 0.896. The van der Waals surface area contributed by atoms with Gasteiger partial charge in [-0.15, -0.1) is 0 Å². The second-order valence-corrected chi connectivity index (χ2v) is 9.07. The van der Waals surface area contributed by atoms with E-state index in [1.807, 2.05) is 55.5 Å². The van der Waals surface area contributed by atoms with Crippen molar-refractivity contribution in [3.8, 4) is 11.3 Å². The first-order valence-corrected chi connectivity index (χ1v) is 11.8. The number of thioether (sulfide) groups is 1. The van der Waals surface area contributed by atoms with Crippen molar-refractivity contribution in [2.24, 2.45) is 0 Å². The largest absolute Gasteiger partial charge is 0.465 e. The van der Waals surface area contributed by atoms with Crippen molar-refractivity contribution in [3.63, 3.8) is 0 Å². The monoisotopic (exact) mass is 483 g/mol. The van der Waals surface area contributed by atoms with Gasteiger partial charge in [0.15, 0.2) is 0 Å². The van der Waals surface area contributed by atoms with E-state index in [0.717, 1.165) is 39.2 Å². The molecule has 5 rings (SSSR count). The lowest BCUT2D eigenvalue weighted by atomic mass is 10.0. The third-order valence-electron chi connectivity index (χ3n) is 5.99. The number of imide groups is 1. The molecule has 1 aromatic heterocycles. The third-order valence-corrected chi connectivity index (χ3v) is 6.89. The van der Waals surface area contributed by atoms with Crippen molar-refractivity contribution < 1.29 is 23.5 Å². The molecule has 3 aromatic carbocycles. The zero-order valence-electron chi connectivity index (χ0n) is 19.1. The Morgan fingerprint density at radius 3 is 2.60 bits per heavy atom. The highest BCUT2D eigenvalue weighted by Crippen LogP contribution is 2.35. The van der Waals surface area contributed by atoms with Crippen molar-refractivity contribution in [3.05, 3.63) is 100 Å². The zero-order chi connectivity index (χ0) is 24.5. The fraction of sp³-hybridized carbons (Fsp3) is 0.107. The van der Waals surface area contributed by atoms with E-state index < -0.39 is 5.97 Å². The van der Waals surface area contributed by atoms with Crippen LogP contribution in [0.3, 0.4) is 0 Å². The molecule has 174 valence electrons. The van der Waals surface area contributed by atoms with Gasteiger partial charge in [-0.2, -0.15) is 0 Å². The second-order valence-electron chi connectivity index (χ2n) is 8.08. The minimum Gasteiger partial charge on any atom is -0.465 e. The van der Waals surface area contributed by atoms with Gasteiger partial charge in [-0.1, -0.05) is 54.6 Å². The molecule has 1 aliphatic heterocycles. The zero-order valence-corrected chi connectivity index (χ0v) is 19.9. The lowest BCUT2D eigenvalue weighted by Gasteiger charge is -2.14. The molecule has 7 heteroatoms.